The monoisotopic (exact) mass is 344 g/mol. The Morgan fingerprint density at radius 3 is 2.60 bits per heavy atom. The van der Waals surface area contributed by atoms with E-state index >= 15 is 0 Å². The van der Waals surface area contributed by atoms with Gasteiger partial charge in [-0.15, -0.1) is 0 Å². The van der Waals surface area contributed by atoms with Crippen LogP contribution in [0.5, 0.6) is 0 Å². The van der Waals surface area contributed by atoms with E-state index in [1.807, 2.05) is 12.1 Å². The molecule has 0 bridgehead atoms. The molecule has 0 atom stereocenters. The zero-order valence-corrected chi connectivity index (χ0v) is 15.1. The zero-order valence-electron chi connectivity index (χ0n) is 15.1. The van der Waals surface area contributed by atoms with Crippen LogP contribution in [0, 0.1) is 5.92 Å². The molecule has 1 aliphatic rings. The molecule has 1 aromatic carbocycles. The van der Waals surface area contributed by atoms with Gasteiger partial charge < -0.3 is 15.4 Å². The van der Waals surface area contributed by atoms with Gasteiger partial charge in [0.25, 0.3) is 5.91 Å². The van der Waals surface area contributed by atoms with E-state index < -0.39 is 0 Å². The highest BCUT2D eigenvalue weighted by atomic mass is 16.5. The van der Waals surface area contributed by atoms with Crippen molar-refractivity contribution in [2.45, 2.75) is 39.2 Å². The lowest BCUT2D eigenvalue weighted by Gasteiger charge is -2.06. The molecule has 25 heavy (non-hydrogen) atoms. The maximum Gasteiger partial charge on any atom is 0.251 e. The molecule has 0 aliphatic heterocycles. The van der Waals surface area contributed by atoms with Gasteiger partial charge in [0.1, 0.15) is 0 Å². The van der Waals surface area contributed by atoms with Gasteiger partial charge in [-0.1, -0.05) is 26.0 Å². The van der Waals surface area contributed by atoms with E-state index in [4.69, 9.17) is 4.74 Å². The first-order valence-electron chi connectivity index (χ1n) is 8.99. The van der Waals surface area contributed by atoms with Crippen LogP contribution in [0.4, 0.5) is 0 Å². The first kappa shape index (κ1) is 19.2. The van der Waals surface area contributed by atoms with Crippen LogP contribution < -0.4 is 10.6 Å². The average Bonchev–Trinajstić information content (AvgIpc) is 3.40. The van der Waals surface area contributed by atoms with Gasteiger partial charge in [0, 0.05) is 37.4 Å². The predicted molar refractivity (Wildman–Crippen MR) is 99.2 cm³/mol. The number of carbonyl (C=O) groups is 2. The average molecular weight is 344 g/mol. The number of amides is 2. The van der Waals surface area contributed by atoms with E-state index in [-0.39, 0.29) is 11.8 Å². The van der Waals surface area contributed by atoms with Crippen LogP contribution in [0.2, 0.25) is 0 Å². The number of ether oxygens (including phenoxy) is 1. The Kier molecular flexibility index (Phi) is 7.67. The third-order valence-electron chi connectivity index (χ3n) is 3.73. The molecule has 1 aliphatic carbocycles. The molecule has 5 heteroatoms. The molecule has 0 radical (unpaired) electrons. The number of carbonyl (C=O) groups excluding carboxylic acids is 2. The maximum atomic E-state index is 11.9. The number of hydrogen-bond donors (Lipinski definition) is 2. The summed E-state index contributed by atoms with van der Waals surface area (Å²) in [5.74, 6) is 0.374. The first-order chi connectivity index (χ1) is 12.0. The van der Waals surface area contributed by atoms with E-state index in [0.29, 0.717) is 30.7 Å². The van der Waals surface area contributed by atoms with Crippen molar-refractivity contribution in [1.29, 1.82) is 0 Å². The van der Waals surface area contributed by atoms with E-state index in [2.05, 4.69) is 24.5 Å². The van der Waals surface area contributed by atoms with Crippen LogP contribution in [-0.2, 0) is 9.53 Å². The Bertz CT molecular complexity index is 589. The Labute approximate surface area is 149 Å². The summed E-state index contributed by atoms with van der Waals surface area (Å²) >= 11 is 0. The normalized spacial score (nSPS) is 14.0. The summed E-state index contributed by atoms with van der Waals surface area (Å²) in [6.07, 6.45) is 6.20. The molecule has 0 saturated heterocycles. The Morgan fingerprint density at radius 1 is 1.24 bits per heavy atom. The van der Waals surface area contributed by atoms with Gasteiger partial charge >= 0.3 is 0 Å². The fourth-order valence-electron chi connectivity index (χ4n) is 2.18. The quantitative estimate of drug-likeness (QED) is 0.507. The van der Waals surface area contributed by atoms with E-state index in [1.54, 1.807) is 18.2 Å². The molecule has 1 aromatic rings. The number of hydrogen-bond acceptors (Lipinski definition) is 3. The van der Waals surface area contributed by atoms with Crippen LogP contribution in [0.3, 0.4) is 0 Å². The molecule has 0 spiro atoms. The lowest BCUT2D eigenvalue weighted by Crippen LogP contribution is -2.25. The SMILES string of the molecule is CC(C)COCCCNC(=O)/C=C/c1ccc(C(=O)NC2CC2)cc1. The van der Waals surface area contributed by atoms with Crippen molar-refractivity contribution in [1.82, 2.24) is 10.6 Å². The molecule has 0 heterocycles. The van der Waals surface area contributed by atoms with Crippen LogP contribution >= 0.6 is 0 Å². The fraction of sp³-hybridized carbons (Fsp3) is 0.500. The highest BCUT2D eigenvalue weighted by Crippen LogP contribution is 2.19. The van der Waals surface area contributed by atoms with Crippen molar-refractivity contribution in [2.75, 3.05) is 19.8 Å². The summed E-state index contributed by atoms with van der Waals surface area (Å²) in [4.78, 5) is 23.7. The standard InChI is InChI=1S/C20H28N2O3/c1-15(2)14-25-13-3-12-21-19(23)11-6-16-4-7-17(8-5-16)20(24)22-18-9-10-18/h4-8,11,15,18H,3,9-10,12-14H2,1-2H3,(H,21,23)(H,22,24)/b11-6+. The highest BCUT2D eigenvalue weighted by molar-refractivity contribution is 5.95. The van der Waals surface area contributed by atoms with Gasteiger partial charge in [-0.05, 0) is 49.0 Å². The van der Waals surface area contributed by atoms with Crippen LogP contribution in [-0.4, -0.2) is 37.6 Å². The van der Waals surface area contributed by atoms with Gasteiger partial charge in [0.05, 0.1) is 0 Å². The lowest BCUT2D eigenvalue weighted by atomic mass is 10.1. The minimum absolute atomic E-state index is 0.0320. The van der Waals surface area contributed by atoms with Crippen molar-refractivity contribution < 1.29 is 14.3 Å². The molecule has 5 nitrogen and oxygen atoms in total. The lowest BCUT2D eigenvalue weighted by molar-refractivity contribution is -0.116. The topological polar surface area (TPSA) is 67.4 Å². The molecule has 0 unspecified atom stereocenters. The van der Waals surface area contributed by atoms with Crippen molar-refractivity contribution in [3.8, 4) is 0 Å². The summed E-state index contributed by atoms with van der Waals surface area (Å²) in [7, 11) is 0. The summed E-state index contributed by atoms with van der Waals surface area (Å²) in [6.45, 7) is 6.23. The summed E-state index contributed by atoms with van der Waals surface area (Å²) in [5, 5.41) is 5.78. The van der Waals surface area contributed by atoms with Crippen molar-refractivity contribution in [3.63, 3.8) is 0 Å². The minimum Gasteiger partial charge on any atom is -0.381 e. The molecule has 2 N–H and O–H groups in total. The van der Waals surface area contributed by atoms with Gasteiger partial charge in [0.15, 0.2) is 0 Å². The minimum atomic E-state index is -0.126. The molecule has 0 aromatic heterocycles. The molecular formula is C20H28N2O3. The third kappa shape index (κ3) is 7.98. The van der Waals surface area contributed by atoms with Crippen molar-refractivity contribution in [3.05, 3.63) is 41.5 Å². The molecule has 136 valence electrons. The first-order valence-corrected chi connectivity index (χ1v) is 8.99. The molecule has 1 saturated carbocycles. The second-order valence-electron chi connectivity index (χ2n) is 6.82. The van der Waals surface area contributed by atoms with Crippen molar-refractivity contribution >= 4 is 17.9 Å². The van der Waals surface area contributed by atoms with E-state index in [9.17, 15) is 9.59 Å². The third-order valence-corrected chi connectivity index (χ3v) is 3.73. The maximum absolute atomic E-state index is 11.9. The summed E-state index contributed by atoms with van der Waals surface area (Å²) in [6, 6.07) is 7.59. The molecule has 1 fully saturated rings. The van der Waals surface area contributed by atoms with Gasteiger partial charge in [-0.25, -0.2) is 0 Å². The molecule has 2 amide bonds. The molecular weight excluding hydrogens is 316 g/mol. The highest BCUT2D eigenvalue weighted by Gasteiger charge is 2.23. The summed E-state index contributed by atoms with van der Waals surface area (Å²) in [5.41, 5.74) is 1.54. The second kappa shape index (κ2) is 9.99. The van der Waals surface area contributed by atoms with Crippen LogP contribution in [0.15, 0.2) is 30.3 Å². The molecule has 2 rings (SSSR count). The van der Waals surface area contributed by atoms with Gasteiger partial charge in [0.2, 0.25) is 5.91 Å². The van der Waals surface area contributed by atoms with E-state index in [1.165, 1.54) is 6.08 Å². The zero-order chi connectivity index (χ0) is 18.1. The predicted octanol–water partition coefficient (Wildman–Crippen LogP) is 2.77. The largest absolute Gasteiger partial charge is 0.381 e. The summed E-state index contributed by atoms with van der Waals surface area (Å²) < 4.78 is 5.46. The number of benzene rings is 1. The van der Waals surface area contributed by atoms with Gasteiger partial charge in [-0.3, -0.25) is 9.59 Å². The van der Waals surface area contributed by atoms with Gasteiger partial charge in [-0.2, -0.15) is 0 Å². The Balaban J connectivity index is 1.66. The van der Waals surface area contributed by atoms with Crippen LogP contribution in [0.25, 0.3) is 6.08 Å². The van der Waals surface area contributed by atoms with Crippen molar-refractivity contribution in [2.24, 2.45) is 5.92 Å². The second-order valence-corrected chi connectivity index (χ2v) is 6.82. The Morgan fingerprint density at radius 2 is 1.96 bits per heavy atom. The number of rotatable bonds is 10. The fourth-order valence-corrected chi connectivity index (χ4v) is 2.18. The van der Waals surface area contributed by atoms with E-state index in [0.717, 1.165) is 31.4 Å². The number of nitrogens with one attached hydrogen (secondary N) is 2. The Hall–Kier alpha value is -2.14. The van der Waals surface area contributed by atoms with Crippen LogP contribution in [0.1, 0.15) is 49.0 Å². The smallest absolute Gasteiger partial charge is 0.251 e.